The van der Waals surface area contributed by atoms with E-state index in [4.69, 9.17) is 0 Å². The summed E-state index contributed by atoms with van der Waals surface area (Å²) in [6, 6.07) is 0.523. The molecule has 1 fully saturated rings. The van der Waals surface area contributed by atoms with E-state index in [9.17, 15) is 0 Å². The smallest absolute Gasteiger partial charge is 0.182 e. The lowest BCUT2D eigenvalue weighted by Gasteiger charge is -2.28. The van der Waals surface area contributed by atoms with Crippen molar-refractivity contribution >= 4 is 28.7 Å². The zero-order valence-electron chi connectivity index (χ0n) is 10.4. The summed E-state index contributed by atoms with van der Waals surface area (Å²) in [5.41, 5.74) is 1.63. The molecule has 5 nitrogen and oxygen atoms in total. The number of hydrogen-bond acceptors (Lipinski definition) is 5. The lowest BCUT2D eigenvalue weighted by Crippen LogP contribution is -2.27. The van der Waals surface area contributed by atoms with Crippen LogP contribution in [0.4, 0.5) is 5.82 Å². The highest BCUT2D eigenvalue weighted by Gasteiger charge is 2.21. The molecule has 0 bridgehead atoms. The number of aromatic amines is 1. The first-order valence-corrected chi connectivity index (χ1v) is 7.59. The van der Waals surface area contributed by atoms with Gasteiger partial charge in [0.15, 0.2) is 11.5 Å². The number of anilines is 1. The molecule has 0 aromatic carbocycles. The number of imidazole rings is 1. The zero-order chi connectivity index (χ0) is 12.4. The molecule has 0 unspecified atom stereocenters. The molecule has 0 saturated heterocycles. The van der Waals surface area contributed by atoms with Gasteiger partial charge in [0.25, 0.3) is 0 Å². The number of thioether (sulfide) groups is 1. The molecular weight excluding hydrogens is 246 g/mol. The molecule has 0 radical (unpaired) electrons. The molecule has 18 heavy (non-hydrogen) atoms. The largest absolute Gasteiger partial charge is 0.365 e. The summed E-state index contributed by atoms with van der Waals surface area (Å²) in [4.78, 5) is 15.7. The molecule has 0 aliphatic heterocycles. The quantitative estimate of drug-likeness (QED) is 0.890. The number of nitrogens with one attached hydrogen (secondary N) is 2. The van der Waals surface area contributed by atoms with Crippen molar-refractivity contribution in [3.05, 3.63) is 12.7 Å². The van der Waals surface area contributed by atoms with E-state index in [1.165, 1.54) is 25.7 Å². The Kier molecular flexibility index (Phi) is 3.36. The van der Waals surface area contributed by atoms with Gasteiger partial charge in [-0.2, -0.15) is 11.8 Å². The molecular formula is C12H17N5S. The molecule has 1 saturated carbocycles. The van der Waals surface area contributed by atoms with Gasteiger partial charge in [0.1, 0.15) is 11.8 Å². The molecule has 2 aromatic rings. The van der Waals surface area contributed by atoms with Crippen LogP contribution >= 0.6 is 11.8 Å². The predicted octanol–water partition coefficient (Wildman–Crippen LogP) is 2.44. The standard InChI is InChI=1S/C12H17N5S/c1-18-9-4-2-8(3-5-9)17-12-10-11(14-6-13-10)15-7-16-12/h6-9H,2-5H2,1H3,(H2,13,14,15,16,17). The Bertz CT molecular complexity index is 518. The summed E-state index contributed by atoms with van der Waals surface area (Å²) < 4.78 is 0. The topological polar surface area (TPSA) is 66.5 Å². The van der Waals surface area contributed by atoms with Crippen LogP contribution in [0.1, 0.15) is 25.7 Å². The van der Waals surface area contributed by atoms with Crippen LogP contribution in [-0.4, -0.2) is 37.5 Å². The van der Waals surface area contributed by atoms with Crippen LogP contribution in [0.5, 0.6) is 0 Å². The van der Waals surface area contributed by atoms with Crippen molar-refractivity contribution in [1.82, 2.24) is 19.9 Å². The fourth-order valence-electron chi connectivity index (χ4n) is 2.51. The number of nitrogens with zero attached hydrogens (tertiary/aromatic N) is 3. The second kappa shape index (κ2) is 5.14. The van der Waals surface area contributed by atoms with Gasteiger partial charge in [-0.25, -0.2) is 15.0 Å². The summed E-state index contributed by atoms with van der Waals surface area (Å²) in [5.74, 6) is 0.880. The maximum atomic E-state index is 4.31. The highest BCUT2D eigenvalue weighted by Crippen LogP contribution is 2.29. The fraction of sp³-hybridized carbons (Fsp3) is 0.583. The minimum absolute atomic E-state index is 0.523. The molecule has 6 heteroatoms. The predicted molar refractivity (Wildman–Crippen MR) is 74.9 cm³/mol. The van der Waals surface area contributed by atoms with Gasteiger partial charge in [0.2, 0.25) is 0 Å². The van der Waals surface area contributed by atoms with Crippen LogP contribution in [0.2, 0.25) is 0 Å². The van der Waals surface area contributed by atoms with Gasteiger partial charge >= 0.3 is 0 Å². The van der Waals surface area contributed by atoms with Gasteiger partial charge in [0.05, 0.1) is 6.33 Å². The third kappa shape index (κ3) is 2.29. The van der Waals surface area contributed by atoms with Crippen molar-refractivity contribution in [2.24, 2.45) is 0 Å². The van der Waals surface area contributed by atoms with Gasteiger partial charge in [-0.3, -0.25) is 0 Å². The summed E-state index contributed by atoms with van der Waals surface area (Å²) in [5, 5.41) is 4.36. The third-order valence-electron chi connectivity index (χ3n) is 3.57. The Morgan fingerprint density at radius 1 is 1.22 bits per heavy atom. The molecule has 1 aliphatic carbocycles. The van der Waals surface area contributed by atoms with E-state index >= 15 is 0 Å². The van der Waals surface area contributed by atoms with Gasteiger partial charge in [-0.05, 0) is 31.9 Å². The molecule has 1 aliphatic rings. The molecule has 2 N–H and O–H groups in total. The average molecular weight is 263 g/mol. The normalized spacial score (nSPS) is 24.3. The molecule has 96 valence electrons. The van der Waals surface area contributed by atoms with E-state index < -0.39 is 0 Å². The number of aromatic nitrogens is 4. The van der Waals surface area contributed by atoms with Crippen molar-refractivity contribution in [2.75, 3.05) is 11.6 Å². The Morgan fingerprint density at radius 2 is 2.06 bits per heavy atom. The van der Waals surface area contributed by atoms with E-state index in [1.54, 1.807) is 12.7 Å². The number of hydrogen-bond donors (Lipinski definition) is 2. The van der Waals surface area contributed by atoms with Crippen LogP contribution < -0.4 is 5.32 Å². The van der Waals surface area contributed by atoms with Crippen LogP contribution in [0.25, 0.3) is 11.2 Å². The second-order valence-corrected chi connectivity index (χ2v) is 5.82. The fourth-order valence-corrected chi connectivity index (χ4v) is 3.25. The molecule has 0 spiro atoms. The summed E-state index contributed by atoms with van der Waals surface area (Å²) >= 11 is 1.99. The van der Waals surface area contributed by atoms with E-state index in [1.807, 2.05) is 11.8 Å². The van der Waals surface area contributed by atoms with Gasteiger partial charge in [-0.15, -0.1) is 0 Å². The minimum atomic E-state index is 0.523. The Hall–Kier alpha value is -1.30. The highest BCUT2D eigenvalue weighted by atomic mass is 32.2. The van der Waals surface area contributed by atoms with Crippen LogP contribution in [0, 0.1) is 0 Å². The highest BCUT2D eigenvalue weighted by molar-refractivity contribution is 7.99. The van der Waals surface area contributed by atoms with Crippen molar-refractivity contribution in [1.29, 1.82) is 0 Å². The Labute approximate surface area is 110 Å². The Morgan fingerprint density at radius 3 is 2.83 bits per heavy atom. The van der Waals surface area contributed by atoms with Gasteiger partial charge in [0, 0.05) is 11.3 Å². The third-order valence-corrected chi connectivity index (χ3v) is 4.71. The van der Waals surface area contributed by atoms with E-state index in [0.717, 1.165) is 22.2 Å². The van der Waals surface area contributed by atoms with E-state index in [0.29, 0.717) is 6.04 Å². The van der Waals surface area contributed by atoms with Crippen LogP contribution in [-0.2, 0) is 0 Å². The van der Waals surface area contributed by atoms with Crippen molar-refractivity contribution < 1.29 is 0 Å². The first-order valence-electron chi connectivity index (χ1n) is 6.30. The van der Waals surface area contributed by atoms with Crippen LogP contribution in [0.3, 0.4) is 0 Å². The Balaban J connectivity index is 1.71. The molecule has 3 rings (SSSR count). The molecule has 2 heterocycles. The van der Waals surface area contributed by atoms with Crippen molar-refractivity contribution in [3.63, 3.8) is 0 Å². The van der Waals surface area contributed by atoms with E-state index in [-0.39, 0.29) is 0 Å². The molecule has 0 amide bonds. The summed E-state index contributed by atoms with van der Waals surface area (Å²) in [6.07, 6.45) is 10.4. The number of rotatable bonds is 3. The summed E-state index contributed by atoms with van der Waals surface area (Å²) in [6.45, 7) is 0. The van der Waals surface area contributed by atoms with Crippen molar-refractivity contribution in [3.8, 4) is 0 Å². The lowest BCUT2D eigenvalue weighted by molar-refractivity contribution is 0.472. The second-order valence-electron chi connectivity index (χ2n) is 4.68. The van der Waals surface area contributed by atoms with Gasteiger partial charge in [-0.1, -0.05) is 0 Å². The average Bonchev–Trinajstić information content (AvgIpc) is 2.89. The monoisotopic (exact) mass is 263 g/mol. The van der Waals surface area contributed by atoms with Crippen molar-refractivity contribution in [2.45, 2.75) is 37.0 Å². The first kappa shape index (κ1) is 11.8. The van der Waals surface area contributed by atoms with Gasteiger partial charge < -0.3 is 10.3 Å². The maximum absolute atomic E-state index is 4.31. The summed E-state index contributed by atoms with van der Waals surface area (Å²) in [7, 11) is 0. The zero-order valence-corrected chi connectivity index (χ0v) is 11.2. The minimum Gasteiger partial charge on any atom is -0.365 e. The number of H-pyrrole nitrogens is 1. The lowest BCUT2D eigenvalue weighted by atomic mass is 9.95. The van der Waals surface area contributed by atoms with E-state index in [2.05, 4.69) is 31.5 Å². The first-order chi connectivity index (χ1) is 8.86. The SMILES string of the molecule is CSC1CCC(Nc2ncnc3nc[nH]c23)CC1. The molecule has 0 atom stereocenters. The molecule has 2 aromatic heterocycles. The maximum Gasteiger partial charge on any atom is 0.182 e. The van der Waals surface area contributed by atoms with Crippen LogP contribution in [0.15, 0.2) is 12.7 Å². The number of fused-ring (bicyclic) bond motifs is 1.